The van der Waals surface area contributed by atoms with Crippen LogP contribution in [0.3, 0.4) is 0 Å². The van der Waals surface area contributed by atoms with Crippen LogP contribution in [0.25, 0.3) is 0 Å². The molecule has 0 aliphatic carbocycles. The van der Waals surface area contributed by atoms with Gasteiger partial charge in [0, 0.05) is 29.8 Å². The van der Waals surface area contributed by atoms with Crippen molar-refractivity contribution in [1.29, 1.82) is 0 Å². The maximum absolute atomic E-state index is 13.4. The molecule has 12 heteroatoms. The molecule has 0 aliphatic heterocycles. The van der Waals surface area contributed by atoms with Gasteiger partial charge in [0.05, 0.1) is 4.92 Å². The minimum atomic E-state index is -1.11. The normalized spacial score (nSPS) is 12.9. The standard InChI is InChI=1S/C30H33N5O7/c1-18(2)26(34-27(37)19(3)31-28(38)21-7-5-4-6-8-21)30(40)33-25(17-20-9-15-24(36)16-10-20)29(39)32-22-11-13-23(14-12-22)35(41)42/h4-16,18-19,25-26,36H,17H2,1-3H3,(H,31,38)(H,32,39)(H,33,40)(H,34,37)/t19-,25-,26-/m0/s1. The zero-order valence-electron chi connectivity index (χ0n) is 23.4. The second-order valence-corrected chi connectivity index (χ2v) is 10.0. The first kappa shape index (κ1) is 31.3. The maximum atomic E-state index is 13.4. The van der Waals surface area contributed by atoms with Crippen LogP contribution in [0.5, 0.6) is 5.75 Å². The number of carbonyl (C=O) groups excluding carboxylic acids is 4. The quantitative estimate of drug-likeness (QED) is 0.163. The number of amides is 4. The average molecular weight is 576 g/mol. The Bertz CT molecular complexity index is 1410. The fourth-order valence-electron chi connectivity index (χ4n) is 3.98. The number of anilines is 1. The van der Waals surface area contributed by atoms with Gasteiger partial charge in [0.2, 0.25) is 17.7 Å². The van der Waals surface area contributed by atoms with Crippen LogP contribution in [0.4, 0.5) is 11.4 Å². The van der Waals surface area contributed by atoms with Gasteiger partial charge in [-0.25, -0.2) is 0 Å². The Kier molecular flexibility index (Phi) is 10.7. The van der Waals surface area contributed by atoms with E-state index in [0.717, 1.165) is 0 Å². The Hall–Kier alpha value is -5.26. The molecule has 0 aliphatic rings. The third-order valence-corrected chi connectivity index (χ3v) is 6.38. The number of nitrogens with one attached hydrogen (secondary N) is 4. The summed E-state index contributed by atoms with van der Waals surface area (Å²) in [6, 6.07) is 16.6. The molecule has 42 heavy (non-hydrogen) atoms. The third kappa shape index (κ3) is 8.88. The zero-order chi connectivity index (χ0) is 30.8. The van der Waals surface area contributed by atoms with E-state index >= 15 is 0 Å². The number of rotatable bonds is 12. The number of nitrogens with zero attached hydrogens (tertiary/aromatic N) is 1. The summed E-state index contributed by atoms with van der Waals surface area (Å²) >= 11 is 0. The lowest BCUT2D eigenvalue weighted by Crippen LogP contribution is -2.57. The van der Waals surface area contributed by atoms with E-state index in [4.69, 9.17) is 0 Å². The first-order valence-corrected chi connectivity index (χ1v) is 13.2. The average Bonchev–Trinajstić information content (AvgIpc) is 2.96. The summed E-state index contributed by atoms with van der Waals surface area (Å²) in [4.78, 5) is 62.5. The highest BCUT2D eigenvalue weighted by Crippen LogP contribution is 2.17. The minimum Gasteiger partial charge on any atom is -0.508 e. The van der Waals surface area contributed by atoms with Crippen molar-refractivity contribution in [3.8, 4) is 5.75 Å². The van der Waals surface area contributed by atoms with Gasteiger partial charge in [-0.15, -0.1) is 0 Å². The molecule has 3 aromatic rings. The maximum Gasteiger partial charge on any atom is 0.269 e. The number of phenolic OH excluding ortho intramolecular Hbond substituents is 1. The monoisotopic (exact) mass is 575 g/mol. The molecule has 220 valence electrons. The van der Waals surface area contributed by atoms with Crippen molar-refractivity contribution in [1.82, 2.24) is 16.0 Å². The molecule has 0 heterocycles. The number of benzene rings is 3. The van der Waals surface area contributed by atoms with E-state index in [0.29, 0.717) is 11.1 Å². The second-order valence-electron chi connectivity index (χ2n) is 10.0. The topological polar surface area (TPSA) is 180 Å². The van der Waals surface area contributed by atoms with E-state index in [2.05, 4.69) is 21.3 Å². The van der Waals surface area contributed by atoms with Gasteiger partial charge in [-0.2, -0.15) is 0 Å². The molecule has 0 aromatic heterocycles. The van der Waals surface area contributed by atoms with Gasteiger partial charge < -0.3 is 26.4 Å². The smallest absolute Gasteiger partial charge is 0.269 e. The minimum absolute atomic E-state index is 0.0331. The summed E-state index contributed by atoms with van der Waals surface area (Å²) < 4.78 is 0. The van der Waals surface area contributed by atoms with Crippen LogP contribution >= 0.6 is 0 Å². The number of non-ortho nitro benzene ring substituents is 1. The Balaban J connectivity index is 1.73. The molecule has 0 unspecified atom stereocenters. The van der Waals surface area contributed by atoms with Crippen molar-refractivity contribution in [3.05, 3.63) is 100 Å². The summed E-state index contributed by atoms with van der Waals surface area (Å²) in [7, 11) is 0. The van der Waals surface area contributed by atoms with Crippen molar-refractivity contribution in [2.45, 2.75) is 45.3 Å². The molecular formula is C30H33N5O7. The van der Waals surface area contributed by atoms with Crippen LogP contribution in [0.2, 0.25) is 0 Å². The van der Waals surface area contributed by atoms with Crippen LogP contribution in [-0.2, 0) is 20.8 Å². The largest absolute Gasteiger partial charge is 0.508 e. The molecule has 3 atom stereocenters. The lowest BCUT2D eigenvalue weighted by Gasteiger charge is -2.26. The van der Waals surface area contributed by atoms with Gasteiger partial charge in [0.15, 0.2) is 0 Å². The first-order valence-electron chi connectivity index (χ1n) is 13.2. The summed E-state index contributed by atoms with van der Waals surface area (Å²) in [5, 5.41) is 31.2. The predicted octanol–water partition coefficient (Wildman–Crippen LogP) is 2.93. The van der Waals surface area contributed by atoms with Crippen molar-refractivity contribution < 1.29 is 29.2 Å². The van der Waals surface area contributed by atoms with Crippen LogP contribution in [0, 0.1) is 16.0 Å². The lowest BCUT2D eigenvalue weighted by atomic mass is 10.0. The van der Waals surface area contributed by atoms with Crippen LogP contribution < -0.4 is 21.3 Å². The number of nitro groups is 1. The van der Waals surface area contributed by atoms with E-state index in [1.165, 1.54) is 43.3 Å². The number of hydrogen-bond donors (Lipinski definition) is 5. The fourth-order valence-corrected chi connectivity index (χ4v) is 3.98. The van der Waals surface area contributed by atoms with Crippen molar-refractivity contribution in [3.63, 3.8) is 0 Å². The molecule has 0 saturated heterocycles. The molecule has 5 N–H and O–H groups in total. The number of carbonyl (C=O) groups is 4. The second kappa shape index (κ2) is 14.4. The van der Waals surface area contributed by atoms with Crippen LogP contribution in [0.1, 0.15) is 36.7 Å². The van der Waals surface area contributed by atoms with Gasteiger partial charge in [-0.05, 0) is 54.8 Å². The summed E-state index contributed by atoms with van der Waals surface area (Å²) in [5.74, 6) is -2.59. The third-order valence-electron chi connectivity index (χ3n) is 6.38. The SMILES string of the molecule is CC(C)[C@H](NC(=O)[C@H](C)NC(=O)c1ccccc1)C(=O)N[C@@H](Cc1ccc(O)cc1)C(=O)Nc1ccc([N+](=O)[O-])cc1. The fraction of sp³-hybridized carbons (Fsp3) is 0.267. The van der Waals surface area contributed by atoms with E-state index in [-0.39, 0.29) is 29.5 Å². The van der Waals surface area contributed by atoms with Crippen molar-refractivity contribution >= 4 is 35.0 Å². The highest BCUT2D eigenvalue weighted by Gasteiger charge is 2.30. The van der Waals surface area contributed by atoms with Crippen LogP contribution in [0.15, 0.2) is 78.9 Å². The summed E-state index contributed by atoms with van der Waals surface area (Å²) in [6.45, 7) is 4.95. The summed E-state index contributed by atoms with van der Waals surface area (Å²) in [5.41, 5.74) is 1.16. The number of hydrogen-bond acceptors (Lipinski definition) is 7. The number of nitro benzene ring substituents is 1. The van der Waals surface area contributed by atoms with Crippen molar-refractivity contribution in [2.24, 2.45) is 5.92 Å². The molecule has 4 amide bonds. The summed E-state index contributed by atoms with van der Waals surface area (Å²) in [6.07, 6.45) is 0.0487. The zero-order valence-corrected chi connectivity index (χ0v) is 23.4. The van der Waals surface area contributed by atoms with E-state index in [1.807, 2.05) is 0 Å². The van der Waals surface area contributed by atoms with E-state index in [1.54, 1.807) is 56.3 Å². The Morgan fingerprint density at radius 3 is 1.98 bits per heavy atom. The molecule has 0 bridgehead atoms. The van der Waals surface area contributed by atoms with Gasteiger partial charge in [-0.3, -0.25) is 29.3 Å². The lowest BCUT2D eigenvalue weighted by molar-refractivity contribution is -0.384. The number of aromatic hydroxyl groups is 1. The van der Waals surface area contributed by atoms with E-state index < -0.39 is 46.7 Å². The van der Waals surface area contributed by atoms with Crippen LogP contribution in [-0.4, -0.2) is 51.8 Å². The van der Waals surface area contributed by atoms with Gasteiger partial charge in [-0.1, -0.05) is 44.2 Å². The predicted molar refractivity (Wildman–Crippen MR) is 156 cm³/mol. The van der Waals surface area contributed by atoms with Gasteiger partial charge in [0.1, 0.15) is 23.9 Å². The molecule has 0 saturated carbocycles. The molecular weight excluding hydrogens is 542 g/mol. The van der Waals surface area contributed by atoms with Crippen molar-refractivity contribution in [2.75, 3.05) is 5.32 Å². The number of phenols is 1. The molecule has 0 fully saturated rings. The Labute approximate surface area is 242 Å². The molecule has 3 rings (SSSR count). The van der Waals surface area contributed by atoms with Gasteiger partial charge in [0.25, 0.3) is 11.6 Å². The molecule has 0 spiro atoms. The molecule has 12 nitrogen and oxygen atoms in total. The Morgan fingerprint density at radius 1 is 0.786 bits per heavy atom. The molecule has 0 radical (unpaired) electrons. The Morgan fingerprint density at radius 2 is 1.40 bits per heavy atom. The molecule has 3 aromatic carbocycles. The first-order chi connectivity index (χ1) is 19.9. The highest BCUT2D eigenvalue weighted by molar-refractivity contribution is 6.00. The highest BCUT2D eigenvalue weighted by atomic mass is 16.6. The van der Waals surface area contributed by atoms with Gasteiger partial charge >= 0.3 is 0 Å². The van der Waals surface area contributed by atoms with E-state index in [9.17, 15) is 34.4 Å².